The van der Waals surface area contributed by atoms with E-state index in [0.29, 0.717) is 17.7 Å². The highest BCUT2D eigenvalue weighted by molar-refractivity contribution is 6.22. The Bertz CT molecular complexity index is 1040. The third-order valence-electron chi connectivity index (χ3n) is 5.64. The van der Waals surface area contributed by atoms with Gasteiger partial charge in [0.1, 0.15) is 0 Å². The predicted octanol–water partition coefficient (Wildman–Crippen LogP) is 3.43. The van der Waals surface area contributed by atoms with E-state index in [0.717, 1.165) is 0 Å². The van der Waals surface area contributed by atoms with E-state index in [1.165, 1.54) is 17.0 Å². The van der Waals surface area contributed by atoms with Gasteiger partial charge >= 0.3 is 5.97 Å². The van der Waals surface area contributed by atoms with Gasteiger partial charge in [0, 0.05) is 5.56 Å². The van der Waals surface area contributed by atoms with Crippen LogP contribution in [0.2, 0.25) is 0 Å². The van der Waals surface area contributed by atoms with Gasteiger partial charge in [-0.15, -0.1) is 0 Å². The zero-order valence-electron chi connectivity index (χ0n) is 16.5. The number of anilines is 1. The molecule has 0 saturated carbocycles. The van der Waals surface area contributed by atoms with Gasteiger partial charge in [0.25, 0.3) is 0 Å². The van der Waals surface area contributed by atoms with Crippen molar-refractivity contribution in [1.82, 2.24) is 0 Å². The first-order valence-corrected chi connectivity index (χ1v) is 9.87. The van der Waals surface area contributed by atoms with E-state index in [1.807, 2.05) is 19.1 Å². The zero-order valence-corrected chi connectivity index (χ0v) is 16.5. The molecule has 0 unspecified atom stereocenters. The fourth-order valence-corrected chi connectivity index (χ4v) is 4.10. The molecule has 0 aromatic heterocycles. The molecule has 2 amide bonds. The van der Waals surface area contributed by atoms with E-state index in [-0.39, 0.29) is 47.5 Å². The van der Waals surface area contributed by atoms with Gasteiger partial charge < -0.3 is 4.74 Å². The SMILES string of the molecule is C[C@H]1C=CC[C@@H]2C(=O)N(c3cccc(C(=O)OCC(=O)c4ccccc4)c3)C(=O)[C@@H]21. The first-order valence-electron chi connectivity index (χ1n) is 9.87. The molecular weight excluding hydrogens is 382 g/mol. The molecule has 0 spiro atoms. The maximum absolute atomic E-state index is 12.9. The summed E-state index contributed by atoms with van der Waals surface area (Å²) in [6.45, 7) is 1.54. The lowest BCUT2D eigenvalue weighted by Gasteiger charge is -2.22. The Labute approximate surface area is 174 Å². The van der Waals surface area contributed by atoms with Crippen LogP contribution in [0.3, 0.4) is 0 Å². The van der Waals surface area contributed by atoms with Crippen LogP contribution in [0.15, 0.2) is 66.7 Å². The molecule has 1 aliphatic carbocycles. The quantitative estimate of drug-likeness (QED) is 0.331. The third kappa shape index (κ3) is 3.56. The highest BCUT2D eigenvalue weighted by Gasteiger charge is 2.50. The molecule has 2 aromatic carbocycles. The number of hydrogen-bond acceptors (Lipinski definition) is 5. The summed E-state index contributed by atoms with van der Waals surface area (Å²) >= 11 is 0. The topological polar surface area (TPSA) is 80.8 Å². The Morgan fingerprint density at radius 3 is 2.47 bits per heavy atom. The number of carbonyl (C=O) groups is 4. The number of benzene rings is 2. The Kier molecular flexibility index (Phi) is 5.31. The maximum atomic E-state index is 12.9. The largest absolute Gasteiger partial charge is 0.454 e. The molecule has 4 rings (SSSR count). The fraction of sp³-hybridized carbons (Fsp3) is 0.250. The van der Waals surface area contributed by atoms with Crippen LogP contribution in [-0.4, -0.2) is 30.2 Å². The molecule has 6 heteroatoms. The van der Waals surface area contributed by atoms with Crippen molar-refractivity contribution >= 4 is 29.3 Å². The highest BCUT2D eigenvalue weighted by Crippen LogP contribution is 2.40. The monoisotopic (exact) mass is 403 g/mol. The van der Waals surface area contributed by atoms with Crippen molar-refractivity contribution in [2.75, 3.05) is 11.5 Å². The molecule has 1 heterocycles. The molecule has 1 fully saturated rings. The number of carbonyl (C=O) groups excluding carboxylic acids is 4. The molecule has 0 bridgehead atoms. The third-order valence-corrected chi connectivity index (χ3v) is 5.64. The van der Waals surface area contributed by atoms with E-state index >= 15 is 0 Å². The second-order valence-electron chi connectivity index (χ2n) is 7.58. The molecule has 2 aliphatic rings. The lowest BCUT2D eigenvalue weighted by molar-refractivity contribution is -0.122. The Hall–Kier alpha value is -3.54. The highest BCUT2D eigenvalue weighted by atomic mass is 16.5. The van der Waals surface area contributed by atoms with Crippen LogP contribution in [0.5, 0.6) is 0 Å². The number of ketones is 1. The number of esters is 1. The van der Waals surface area contributed by atoms with Crippen molar-refractivity contribution in [2.24, 2.45) is 17.8 Å². The summed E-state index contributed by atoms with van der Waals surface area (Å²) < 4.78 is 5.14. The van der Waals surface area contributed by atoms with Crippen molar-refractivity contribution < 1.29 is 23.9 Å². The number of ether oxygens (including phenoxy) is 1. The smallest absolute Gasteiger partial charge is 0.338 e. The van der Waals surface area contributed by atoms with E-state index in [1.54, 1.807) is 42.5 Å². The summed E-state index contributed by atoms with van der Waals surface area (Å²) in [5, 5.41) is 0. The van der Waals surface area contributed by atoms with Crippen LogP contribution in [0, 0.1) is 17.8 Å². The first kappa shape index (κ1) is 19.8. The fourth-order valence-electron chi connectivity index (χ4n) is 4.10. The predicted molar refractivity (Wildman–Crippen MR) is 110 cm³/mol. The minimum Gasteiger partial charge on any atom is -0.454 e. The van der Waals surface area contributed by atoms with Crippen LogP contribution < -0.4 is 4.90 Å². The summed E-state index contributed by atoms with van der Waals surface area (Å²) in [7, 11) is 0. The second kappa shape index (κ2) is 8.06. The van der Waals surface area contributed by atoms with Gasteiger partial charge in [-0.3, -0.25) is 19.3 Å². The zero-order chi connectivity index (χ0) is 21.3. The molecule has 1 aliphatic heterocycles. The lowest BCUT2D eigenvalue weighted by atomic mass is 9.78. The van der Waals surface area contributed by atoms with Crippen molar-refractivity contribution in [3.05, 3.63) is 77.9 Å². The Morgan fingerprint density at radius 1 is 1.00 bits per heavy atom. The average Bonchev–Trinajstić information content (AvgIpc) is 3.03. The van der Waals surface area contributed by atoms with Crippen LogP contribution in [-0.2, 0) is 14.3 Å². The minimum absolute atomic E-state index is 0.0117. The number of nitrogens with zero attached hydrogens (tertiary/aromatic N) is 1. The first-order chi connectivity index (χ1) is 14.5. The molecule has 6 nitrogen and oxygen atoms in total. The van der Waals surface area contributed by atoms with Crippen molar-refractivity contribution in [1.29, 1.82) is 0 Å². The number of fused-ring (bicyclic) bond motifs is 1. The van der Waals surface area contributed by atoms with Crippen LogP contribution in [0.1, 0.15) is 34.1 Å². The number of amides is 2. The summed E-state index contributed by atoms with van der Waals surface area (Å²) in [6.07, 6.45) is 4.45. The van der Waals surface area contributed by atoms with Gasteiger partial charge in [0.05, 0.1) is 23.1 Å². The number of hydrogen-bond donors (Lipinski definition) is 0. The summed E-state index contributed by atoms with van der Waals surface area (Å²) in [6, 6.07) is 14.8. The van der Waals surface area contributed by atoms with E-state index in [2.05, 4.69) is 0 Å². The number of Topliss-reactive ketones (excluding diaryl/α,β-unsaturated/α-hetero) is 1. The second-order valence-corrected chi connectivity index (χ2v) is 7.58. The van der Waals surface area contributed by atoms with Crippen LogP contribution in [0.25, 0.3) is 0 Å². The van der Waals surface area contributed by atoms with Gasteiger partial charge in [0.15, 0.2) is 12.4 Å². The van der Waals surface area contributed by atoms with Gasteiger partial charge in [-0.2, -0.15) is 0 Å². The van der Waals surface area contributed by atoms with Crippen molar-refractivity contribution in [3.63, 3.8) is 0 Å². The van der Waals surface area contributed by atoms with Gasteiger partial charge in [-0.25, -0.2) is 4.79 Å². The van der Waals surface area contributed by atoms with Gasteiger partial charge in [0.2, 0.25) is 11.8 Å². The maximum Gasteiger partial charge on any atom is 0.338 e. The summed E-state index contributed by atoms with van der Waals surface area (Å²) in [4.78, 5) is 51.5. The van der Waals surface area contributed by atoms with Crippen LogP contribution >= 0.6 is 0 Å². The summed E-state index contributed by atoms with van der Waals surface area (Å²) in [5.41, 5.74) is 0.975. The molecule has 3 atom stereocenters. The van der Waals surface area contributed by atoms with Gasteiger partial charge in [-0.05, 0) is 30.5 Å². The number of imide groups is 1. The van der Waals surface area contributed by atoms with Crippen molar-refractivity contribution in [2.45, 2.75) is 13.3 Å². The number of rotatable bonds is 5. The standard InChI is InChI=1S/C24H21NO5/c1-15-7-5-12-19-21(15)23(28)25(22(19)27)18-11-6-10-17(13-18)24(29)30-14-20(26)16-8-3-2-4-9-16/h2-11,13,15,19,21H,12,14H2,1H3/t15-,19-,21+/m0/s1. The van der Waals surface area contributed by atoms with E-state index in [4.69, 9.17) is 4.74 Å². The minimum atomic E-state index is -0.687. The van der Waals surface area contributed by atoms with E-state index in [9.17, 15) is 19.2 Å². The summed E-state index contributed by atoms with van der Waals surface area (Å²) in [5.74, 6) is -2.23. The Morgan fingerprint density at radius 2 is 1.73 bits per heavy atom. The van der Waals surface area contributed by atoms with Crippen LogP contribution in [0.4, 0.5) is 5.69 Å². The molecule has 0 radical (unpaired) electrons. The Balaban J connectivity index is 1.49. The molecule has 1 saturated heterocycles. The molecule has 30 heavy (non-hydrogen) atoms. The molecule has 2 aromatic rings. The lowest BCUT2D eigenvalue weighted by Crippen LogP contribution is -2.31. The molecule has 152 valence electrons. The van der Waals surface area contributed by atoms with Gasteiger partial charge in [-0.1, -0.05) is 55.5 Å². The van der Waals surface area contributed by atoms with Crippen molar-refractivity contribution in [3.8, 4) is 0 Å². The average molecular weight is 403 g/mol. The number of allylic oxidation sites excluding steroid dienone is 2. The molecular formula is C24H21NO5. The normalized spacial score (nSPS) is 22.7. The van der Waals surface area contributed by atoms with E-state index < -0.39 is 5.97 Å². The molecule has 0 N–H and O–H groups in total.